The zero-order chi connectivity index (χ0) is 11.5. The van der Waals surface area contributed by atoms with Gasteiger partial charge < -0.3 is 16.3 Å². The standard InChI is InChI=1S/C8H12N6O2/c9-6(14-16)5-3-10-13-7(5)12-8(15)11-4-1-2-4/h3-4,16H,1-2H2,(H2,9,14)(H3,10,11,12,13,15). The van der Waals surface area contributed by atoms with Crippen LogP contribution in [0.2, 0.25) is 0 Å². The van der Waals surface area contributed by atoms with Crippen LogP contribution >= 0.6 is 0 Å². The first-order chi connectivity index (χ1) is 7.70. The second-order valence-electron chi connectivity index (χ2n) is 3.52. The minimum atomic E-state index is -0.335. The number of amides is 2. The lowest BCUT2D eigenvalue weighted by atomic mass is 10.3. The zero-order valence-electron chi connectivity index (χ0n) is 8.40. The summed E-state index contributed by atoms with van der Waals surface area (Å²) in [6.45, 7) is 0. The SMILES string of the molecule is NC(=NO)c1cn[nH]c1NC(=O)NC1CC1. The van der Waals surface area contributed by atoms with Gasteiger partial charge in [0.05, 0.1) is 11.8 Å². The summed E-state index contributed by atoms with van der Waals surface area (Å²) in [6.07, 6.45) is 3.37. The van der Waals surface area contributed by atoms with Gasteiger partial charge in [0.25, 0.3) is 0 Å². The summed E-state index contributed by atoms with van der Waals surface area (Å²) in [5.41, 5.74) is 5.74. The van der Waals surface area contributed by atoms with Crippen LogP contribution in [0.3, 0.4) is 0 Å². The fraction of sp³-hybridized carbons (Fsp3) is 0.375. The third-order valence-corrected chi connectivity index (χ3v) is 2.17. The van der Waals surface area contributed by atoms with E-state index in [1.54, 1.807) is 0 Å². The van der Waals surface area contributed by atoms with E-state index in [1.807, 2.05) is 0 Å². The molecule has 1 aliphatic rings. The van der Waals surface area contributed by atoms with Crippen LogP contribution in [0.15, 0.2) is 11.4 Å². The lowest BCUT2D eigenvalue weighted by Crippen LogP contribution is -2.31. The van der Waals surface area contributed by atoms with Crippen LogP contribution < -0.4 is 16.4 Å². The Hall–Kier alpha value is -2.25. The molecule has 0 aliphatic heterocycles. The molecule has 0 radical (unpaired) electrons. The van der Waals surface area contributed by atoms with Crippen LogP contribution in [0.1, 0.15) is 18.4 Å². The smallest absolute Gasteiger partial charge is 0.320 e. The summed E-state index contributed by atoms with van der Waals surface area (Å²) in [7, 11) is 0. The number of hydrogen-bond acceptors (Lipinski definition) is 4. The largest absolute Gasteiger partial charge is 0.409 e. The van der Waals surface area contributed by atoms with Crippen LogP contribution in [0, 0.1) is 0 Å². The van der Waals surface area contributed by atoms with Gasteiger partial charge in [-0.3, -0.25) is 10.4 Å². The van der Waals surface area contributed by atoms with Crippen LogP contribution in [0.25, 0.3) is 0 Å². The first-order valence-electron chi connectivity index (χ1n) is 4.79. The number of nitrogens with zero attached hydrogens (tertiary/aromatic N) is 2. The van der Waals surface area contributed by atoms with Crippen molar-refractivity contribution in [2.24, 2.45) is 10.9 Å². The molecule has 0 bridgehead atoms. The van der Waals surface area contributed by atoms with Crippen molar-refractivity contribution >= 4 is 17.7 Å². The molecule has 1 aromatic rings. The number of nitrogens with one attached hydrogen (secondary N) is 3. The van der Waals surface area contributed by atoms with Gasteiger partial charge in [0.15, 0.2) is 5.84 Å². The summed E-state index contributed by atoms with van der Waals surface area (Å²) in [5, 5.41) is 22.9. The van der Waals surface area contributed by atoms with Crippen molar-refractivity contribution < 1.29 is 10.0 Å². The maximum Gasteiger partial charge on any atom is 0.320 e. The van der Waals surface area contributed by atoms with E-state index < -0.39 is 0 Å². The topological polar surface area (TPSA) is 128 Å². The molecule has 0 spiro atoms. The summed E-state index contributed by atoms with van der Waals surface area (Å²) < 4.78 is 0. The van der Waals surface area contributed by atoms with Gasteiger partial charge >= 0.3 is 6.03 Å². The van der Waals surface area contributed by atoms with E-state index >= 15 is 0 Å². The molecular formula is C8H12N6O2. The number of urea groups is 1. The molecule has 1 saturated carbocycles. The second kappa shape index (κ2) is 4.09. The quantitative estimate of drug-likeness (QED) is 0.210. The van der Waals surface area contributed by atoms with E-state index in [1.165, 1.54) is 6.20 Å². The number of carbonyl (C=O) groups is 1. The van der Waals surface area contributed by atoms with Gasteiger partial charge in [0.2, 0.25) is 0 Å². The molecule has 2 amide bonds. The van der Waals surface area contributed by atoms with Gasteiger partial charge in [-0.2, -0.15) is 5.10 Å². The third kappa shape index (κ3) is 2.22. The molecule has 1 heterocycles. The van der Waals surface area contributed by atoms with E-state index in [2.05, 4.69) is 26.0 Å². The second-order valence-corrected chi connectivity index (χ2v) is 3.52. The summed E-state index contributed by atoms with van der Waals surface area (Å²) in [6, 6.07) is -0.0750. The Balaban J connectivity index is 2.02. The van der Waals surface area contributed by atoms with Crippen molar-refractivity contribution in [3.05, 3.63) is 11.8 Å². The highest BCUT2D eigenvalue weighted by Gasteiger charge is 2.23. The van der Waals surface area contributed by atoms with Crippen LogP contribution in [-0.2, 0) is 0 Å². The van der Waals surface area contributed by atoms with Crippen molar-refractivity contribution in [3.63, 3.8) is 0 Å². The number of aromatic amines is 1. The Morgan fingerprint density at radius 1 is 1.69 bits per heavy atom. The van der Waals surface area contributed by atoms with Crippen molar-refractivity contribution in [2.75, 3.05) is 5.32 Å². The van der Waals surface area contributed by atoms with Crippen LogP contribution in [-0.4, -0.2) is 33.3 Å². The molecule has 1 aromatic heterocycles. The molecule has 0 atom stereocenters. The first-order valence-corrected chi connectivity index (χ1v) is 4.79. The minimum absolute atomic E-state index is 0.115. The van der Waals surface area contributed by atoms with E-state index in [4.69, 9.17) is 10.9 Å². The fourth-order valence-electron chi connectivity index (χ4n) is 1.19. The zero-order valence-corrected chi connectivity index (χ0v) is 8.40. The van der Waals surface area contributed by atoms with Gasteiger partial charge in [0, 0.05) is 6.04 Å². The van der Waals surface area contributed by atoms with Crippen LogP contribution in [0.4, 0.5) is 10.6 Å². The number of aromatic nitrogens is 2. The predicted molar refractivity (Wildman–Crippen MR) is 56.3 cm³/mol. The minimum Gasteiger partial charge on any atom is -0.409 e. The van der Waals surface area contributed by atoms with E-state index in [9.17, 15) is 4.79 Å². The van der Waals surface area contributed by atoms with E-state index in [-0.39, 0.29) is 17.9 Å². The molecule has 8 nitrogen and oxygen atoms in total. The molecular weight excluding hydrogens is 212 g/mol. The Kier molecular flexibility index (Phi) is 2.63. The van der Waals surface area contributed by atoms with Crippen molar-refractivity contribution in [1.82, 2.24) is 15.5 Å². The van der Waals surface area contributed by atoms with E-state index in [0.717, 1.165) is 12.8 Å². The lowest BCUT2D eigenvalue weighted by Gasteiger charge is -2.05. The Morgan fingerprint density at radius 2 is 2.44 bits per heavy atom. The summed E-state index contributed by atoms with van der Waals surface area (Å²) >= 11 is 0. The molecule has 1 aliphatic carbocycles. The Bertz CT molecular complexity index is 422. The number of H-pyrrole nitrogens is 1. The molecule has 86 valence electrons. The molecule has 8 heteroatoms. The number of nitrogens with two attached hydrogens (primary N) is 1. The highest BCUT2D eigenvalue weighted by molar-refractivity contribution is 6.04. The monoisotopic (exact) mass is 224 g/mol. The number of amidine groups is 1. The van der Waals surface area contributed by atoms with Gasteiger partial charge in [-0.25, -0.2) is 4.79 Å². The molecule has 1 fully saturated rings. The molecule has 6 N–H and O–H groups in total. The lowest BCUT2D eigenvalue weighted by molar-refractivity contribution is 0.251. The normalized spacial score (nSPS) is 15.9. The van der Waals surface area contributed by atoms with Crippen molar-refractivity contribution in [1.29, 1.82) is 0 Å². The van der Waals surface area contributed by atoms with Gasteiger partial charge in [-0.1, -0.05) is 5.16 Å². The molecule has 0 unspecified atom stereocenters. The summed E-state index contributed by atoms with van der Waals surface area (Å²) in [4.78, 5) is 11.4. The predicted octanol–water partition coefficient (Wildman–Crippen LogP) is -0.212. The number of rotatable bonds is 3. The number of oxime groups is 1. The van der Waals surface area contributed by atoms with Gasteiger partial charge in [-0.15, -0.1) is 0 Å². The van der Waals surface area contributed by atoms with E-state index in [0.29, 0.717) is 11.4 Å². The van der Waals surface area contributed by atoms with Crippen LogP contribution in [0.5, 0.6) is 0 Å². The Labute approximate surface area is 90.9 Å². The summed E-state index contributed by atoms with van der Waals surface area (Å²) in [5.74, 6) is 0.184. The molecule has 0 saturated heterocycles. The van der Waals surface area contributed by atoms with Crippen molar-refractivity contribution in [2.45, 2.75) is 18.9 Å². The maximum absolute atomic E-state index is 11.4. The van der Waals surface area contributed by atoms with Gasteiger partial charge in [0.1, 0.15) is 5.82 Å². The Morgan fingerprint density at radius 3 is 3.06 bits per heavy atom. The number of carbonyl (C=O) groups excluding carboxylic acids is 1. The number of anilines is 1. The highest BCUT2D eigenvalue weighted by Crippen LogP contribution is 2.19. The van der Waals surface area contributed by atoms with Gasteiger partial charge in [-0.05, 0) is 12.8 Å². The number of hydrogen-bond donors (Lipinski definition) is 5. The maximum atomic E-state index is 11.4. The highest BCUT2D eigenvalue weighted by atomic mass is 16.4. The third-order valence-electron chi connectivity index (χ3n) is 2.17. The fourth-order valence-corrected chi connectivity index (χ4v) is 1.19. The molecule has 16 heavy (non-hydrogen) atoms. The average molecular weight is 224 g/mol. The molecule has 0 aromatic carbocycles. The first kappa shape index (κ1) is 10.3. The van der Waals surface area contributed by atoms with Crippen molar-refractivity contribution in [3.8, 4) is 0 Å². The molecule has 2 rings (SSSR count). The average Bonchev–Trinajstić information content (AvgIpc) is 2.94.